The molecule has 0 unspecified atom stereocenters. The van der Waals surface area contributed by atoms with Gasteiger partial charge in [0.15, 0.2) is 0 Å². The number of nitrogens with zero attached hydrogens (tertiary/aromatic N) is 1. The van der Waals surface area contributed by atoms with Crippen molar-refractivity contribution in [3.05, 3.63) is 35.9 Å². The topological polar surface area (TPSA) is 20.3 Å². The van der Waals surface area contributed by atoms with Crippen molar-refractivity contribution in [2.75, 3.05) is 13.1 Å². The molecule has 0 saturated carbocycles. The molecule has 0 aliphatic rings. The zero-order chi connectivity index (χ0) is 10.9. The summed E-state index contributed by atoms with van der Waals surface area (Å²) in [7, 11) is 0. The Balaban J connectivity index is 2.23. The monoisotopic (exact) mass is 205 g/mol. The van der Waals surface area contributed by atoms with Crippen molar-refractivity contribution in [3.8, 4) is 0 Å². The second-order valence-electron chi connectivity index (χ2n) is 3.73. The highest BCUT2D eigenvalue weighted by Crippen LogP contribution is 2.03. The lowest BCUT2D eigenvalue weighted by Crippen LogP contribution is -2.24. The molecule has 0 heterocycles. The predicted molar refractivity (Wildman–Crippen MR) is 62.7 cm³/mol. The maximum absolute atomic E-state index is 10.7. The molecule has 2 nitrogen and oxygen atoms in total. The van der Waals surface area contributed by atoms with Gasteiger partial charge in [-0.05, 0) is 24.8 Å². The van der Waals surface area contributed by atoms with E-state index in [9.17, 15) is 4.79 Å². The zero-order valence-electron chi connectivity index (χ0n) is 9.36. The number of rotatable bonds is 7. The molecule has 1 rings (SSSR count). The number of carbonyl (C=O) groups is 1. The maximum Gasteiger partial charge on any atom is 0.209 e. The smallest absolute Gasteiger partial charge is 0.209 e. The van der Waals surface area contributed by atoms with E-state index in [1.807, 2.05) is 11.0 Å². The molecule has 15 heavy (non-hydrogen) atoms. The molecule has 0 aromatic heterocycles. The molecule has 0 atom stereocenters. The largest absolute Gasteiger partial charge is 0.345 e. The van der Waals surface area contributed by atoms with Gasteiger partial charge in [0.05, 0.1) is 0 Å². The van der Waals surface area contributed by atoms with E-state index >= 15 is 0 Å². The van der Waals surface area contributed by atoms with E-state index in [0.717, 1.165) is 38.8 Å². The van der Waals surface area contributed by atoms with E-state index in [0.29, 0.717) is 0 Å². The van der Waals surface area contributed by atoms with Gasteiger partial charge >= 0.3 is 0 Å². The van der Waals surface area contributed by atoms with Crippen molar-refractivity contribution in [3.63, 3.8) is 0 Å². The quantitative estimate of drug-likeness (QED) is 0.626. The standard InChI is InChI=1S/C13H19NO/c1-2-10-14(12-15)11-6-9-13-7-4-3-5-8-13/h3-5,7-8,12H,2,6,9-11H2,1H3. The summed E-state index contributed by atoms with van der Waals surface area (Å²) in [5, 5.41) is 0. The molecule has 2 heteroatoms. The highest BCUT2D eigenvalue weighted by atomic mass is 16.1. The third kappa shape index (κ3) is 4.63. The summed E-state index contributed by atoms with van der Waals surface area (Å²) >= 11 is 0. The van der Waals surface area contributed by atoms with Crippen LogP contribution in [0.4, 0.5) is 0 Å². The van der Waals surface area contributed by atoms with Crippen molar-refractivity contribution in [2.45, 2.75) is 26.2 Å². The number of benzene rings is 1. The second-order valence-corrected chi connectivity index (χ2v) is 3.73. The molecular formula is C13H19NO. The first kappa shape index (κ1) is 11.8. The Morgan fingerprint density at radius 2 is 1.93 bits per heavy atom. The van der Waals surface area contributed by atoms with E-state index in [1.165, 1.54) is 5.56 Å². The first-order valence-corrected chi connectivity index (χ1v) is 5.60. The second kappa shape index (κ2) is 7.04. The average molecular weight is 205 g/mol. The van der Waals surface area contributed by atoms with E-state index < -0.39 is 0 Å². The van der Waals surface area contributed by atoms with Crippen molar-refractivity contribution in [2.24, 2.45) is 0 Å². The van der Waals surface area contributed by atoms with Crippen molar-refractivity contribution >= 4 is 6.41 Å². The van der Waals surface area contributed by atoms with Gasteiger partial charge < -0.3 is 4.90 Å². The lowest BCUT2D eigenvalue weighted by molar-refractivity contribution is -0.118. The van der Waals surface area contributed by atoms with Crippen LogP contribution in [0, 0.1) is 0 Å². The first-order chi connectivity index (χ1) is 7.36. The normalized spacial score (nSPS) is 9.93. The Morgan fingerprint density at radius 1 is 1.20 bits per heavy atom. The van der Waals surface area contributed by atoms with Crippen LogP contribution in [0.1, 0.15) is 25.3 Å². The highest BCUT2D eigenvalue weighted by molar-refractivity contribution is 5.46. The summed E-state index contributed by atoms with van der Waals surface area (Å²) < 4.78 is 0. The van der Waals surface area contributed by atoms with Crippen LogP contribution in [-0.2, 0) is 11.2 Å². The lowest BCUT2D eigenvalue weighted by atomic mass is 10.1. The van der Waals surface area contributed by atoms with Crippen LogP contribution in [0.5, 0.6) is 0 Å². The number of amides is 1. The molecule has 1 aromatic carbocycles. The predicted octanol–water partition coefficient (Wildman–Crippen LogP) is 2.49. The SMILES string of the molecule is CCCN(C=O)CCCc1ccccc1. The minimum atomic E-state index is 0.867. The molecule has 0 bridgehead atoms. The fourth-order valence-corrected chi connectivity index (χ4v) is 1.64. The number of aryl methyl sites for hydroxylation is 1. The molecule has 0 fully saturated rings. The third-order valence-corrected chi connectivity index (χ3v) is 2.41. The van der Waals surface area contributed by atoms with Gasteiger partial charge in [-0.15, -0.1) is 0 Å². The minimum absolute atomic E-state index is 0.867. The van der Waals surface area contributed by atoms with E-state index in [2.05, 4.69) is 31.2 Å². The fourth-order valence-electron chi connectivity index (χ4n) is 1.64. The molecule has 1 amide bonds. The maximum atomic E-state index is 10.7. The summed E-state index contributed by atoms with van der Waals surface area (Å²) in [5.74, 6) is 0. The summed E-state index contributed by atoms with van der Waals surface area (Å²) in [6, 6.07) is 10.4. The molecular weight excluding hydrogens is 186 g/mol. The van der Waals surface area contributed by atoms with Crippen LogP contribution in [0.15, 0.2) is 30.3 Å². The Kier molecular flexibility index (Phi) is 5.52. The summed E-state index contributed by atoms with van der Waals surface area (Å²) in [6.07, 6.45) is 4.08. The van der Waals surface area contributed by atoms with Crippen LogP contribution in [0.2, 0.25) is 0 Å². The average Bonchev–Trinajstić information content (AvgIpc) is 2.29. The first-order valence-electron chi connectivity index (χ1n) is 5.60. The molecule has 0 aliphatic heterocycles. The highest BCUT2D eigenvalue weighted by Gasteiger charge is 1.99. The van der Waals surface area contributed by atoms with Gasteiger partial charge in [0.25, 0.3) is 0 Å². The van der Waals surface area contributed by atoms with Crippen LogP contribution < -0.4 is 0 Å². The molecule has 1 aromatic rings. The number of carbonyl (C=O) groups excluding carboxylic acids is 1. The summed E-state index contributed by atoms with van der Waals surface area (Å²) in [4.78, 5) is 12.5. The third-order valence-electron chi connectivity index (χ3n) is 2.41. The summed E-state index contributed by atoms with van der Waals surface area (Å²) in [6.45, 7) is 3.83. The van der Waals surface area contributed by atoms with E-state index in [4.69, 9.17) is 0 Å². The molecule has 0 saturated heterocycles. The molecule has 0 radical (unpaired) electrons. The van der Waals surface area contributed by atoms with Gasteiger partial charge in [0, 0.05) is 13.1 Å². The van der Waals surface area contributed by atoms with E-state index in [-0.39, 0.29) is 0 Å². The fraction of sp³-hybridized carbons (Fsp3) is 0.462. The lowest BCUT2D eigenvalue weighted by Gasteiger charge is -2.15. The van der Waals surface area contributed by atoms with Crippen LogP contribution in [0.3, 0.4) is 0 Å². The molecule has 82 valence electrons. The Morgan fingerprint density at radius 3 is 2.53 bits per heavy atom. The zero-order valence-corrected chi connectivity index (χ0v) is 9.36. The van der Waals surface area contributed by atoms with Gasteiger partial charge in [0.2, 0.25) is 6.41 Å². The van der Waals surface area contributed by atoms with E-state index in [1.54, 1.807) is 0 Å². The van der Waals surface area contributed by atoms with Gasteiger partial charge in [0.1, 0.15) is 0 Å². The Bertz CT molecular complexity index is 271. The van der Waals surface area contributed by atoms with Crippen molar-refractivity contribution in [1.29, 1.82) is 0 Å². The minimum Gasteiger partial charge on any atom is -0.345 e. The molecule has 0 aliphatic carbocycles. The van der Waals surface area contributed by atoms with Gasteiger partial charge in [-0.25, -0.2) is 0 Å². The molecule has 0 spiro atoms. The Labute approximate surface area is 91.9 Å². The van der Waals surface area contributed by atoms with Gasteiger partial charge in [-0.3, -0.25) is 4.79 Å². The molecule has 0 N–H and O–H groups in total. The number of hydrogen-bond donors (Lipinski definition) is 0. The van der Waals surface area contributed by atoms with Crippen molar-refractivity contribution < 1.29 is 4.79 Å². The summed E-state index contributed by atoms with van der Waals surface area (Å²) in [5.41, 5.74) is 1.35. The van der Waals surface area contributed by atoms with Gasteiger partial charge in [-0.1, -0.05) is 37.3 Å². The Hall–Kier alpha value is -1.31. The van der Waals surface area contributed by atoms with Gasteiger partial charge in [-0.2, -0.15) is 0 Å². The van der Waals surface area contributed by atoms with Crippen LogP contribution >= 0.6 is 0 Å². The van der Waals surface area contributed by atoms with Crippen LogP contribution in [-0.4, -0.2) is 24.4 Å². The van der Waals surface area contributed by atoms with Crippen molar-refractivity contribution in [1.82, 2.24) is 4.90 Å². The number of hydrogen-bond acceptors (Lipinski definition) is 1. The van der Waals surface area contributed by atoms with Crippen LogP contribution in [0.25, 0.3) is 0 Å².